The van der Waals surface area contributed by atoms with E-state index in [1.807, 2.05) is 70.2 Å². The third-order valence-electron chi connectivity index (χ3n) is 5.12. The Labute approximate surface area is 206 Å². The van der Waals surface area contributed by atoms with Gasteiger partial charge in [0.2, 0.25) is 11.8 Å². The van der Waals surface area contributed by atoms with E-state index in [9.17, 15) is 9.59 Å². The molecular weight excluding hydrogens is 442 g/mol. The summed E-state index contributed by atoms with van der Waals surface area (Å²) >= 11 is 0. The molecule has 0 bridgehead atoms. The molecule has 0 aliphatic heterocycles. The van der Waals surface area contributed by atoms with Gasteiger partial charge in [-0.05, 0) is 68.7 Å². The Hall–Kier alpha value is -4.13. The molecule has 0 saturated carbocycles. The molecule has 0 atom stereocenters. The zero-order valence-corrected chi connectivity index (χ0v) is 20.6. The largest absolute Gasteiger partial charge is 0.490 e. The molecule has 0 unspecified atom stereocenters. The molecule has 182 valence electrons. The Bertz CT molecular complexity index is 1220. The summed E-state index contributed by atoms with van der Waals surface area (Å²) in [5, 5.41) is 6.71. The number of hydrogen-bond acceptors (Lipinski definition) is 5. The molecule has 0 aromatic heterocycles. The topological polar surface area (TPSA) is 89.0 Å². The summed E-state index contributed by atoms with van der Waals surface area (Å²) in [5.41, 5.74) is 8.08. The van der Waals surface area contributed by atoms with Gasteiger partial charge in [-0.15, -0.1) is 0 Å². The highest BCUT2D eigenvalue weighted by atomic mass is 16.5. The first-order valence-electron chi connectivity index (χ1n) is 11.5. The summed E-state index contributed by atoms with van der Waals surface area (Å²) in [5.74, 6) is 0.297. The predicted molar refractivity (Wildman–Crippen MR) is 138 cm³/mol. The van der Waals surface area contributed by atoms with Gasteiger partial charge in [0.1, 0.15) is 13.0 Å². The van der Waals surface area contributed by atoms with Crippen LogP contribution in [0.4, 0.5) is 5.69 Å². The summed E-state index contributed by atoms with van der Waals surface area (Å²) in [6.07, 6.45) is 1.16. The van der Waals surface area contributed by atoms with Crippen LogP contribution >= 0.6 is 0 Å². The van der Waals surface area contributed by atoms with Gasteiger partial charge in [-0.3, -0.25) is 9.59 Å². The lowest BCUT2D eigenvalue weighted by Crippen LogP contribution is -2.24. The zero-order chi connectivity index (χ0) is 25.2. The summed E-state index contributed by atoms with van der Waals surface area (Å²) in [7, 11) is 0. The molecular formula is C28H31N3O4. The highest BCUT2D eigenvalue weighted by molar-refractivity contribution is 6.04. The Morgan fingerprint density at radius 2 is 1.69 bits per heavy atom. The number of benzene rings is 3. The summed E-state index contributed by atoms with van der Waals surface area (Å²) in [4.78, 5) is 24.3. The number of hydrazone groups is 1. The average molecular weight is 474 g/mol. The van der Waals surface area contributed by atoms with Crippen LogP contribution in [0.25, 0.3) is 0 Å². The fourth-order valence-corrected chi connectivity index (χ4v) is 3.47. The Balaban J connectivity index is 1.55. The lowest BCUT2D eigenvalue weighted by Gasteiger charge is -2.13. The molecule has 35 heavy (non-hydrogen) atoms. The lowest BCUT2D eigenvalue weighted by atomic mass is 10.1. The Morgan fingerprint density at radius 3 is 2.43 bits per heavy atom. The summed E-state index contributed by atoms with van der Waals surface area (Å²) < 4.78 is 11.7. The van der Waals surface area contributed by atoms with Crippen LogP contribution < -0.4 is 20.2 Å². The number of aryl methyl sites for hydroxylation is 3. The molecule has 0 radical (unpaired) electrons. The molecule has 0 heterocycles. The minimum atomic E-state index is -0.508. The third kappa shape index (κ3) is 7.99. The fraction of sp³-hybridized carbons (Fsp3) is 0.250. The first-order chi connectivity index (χ1) is 16.8. The standard InChI is InChI=1S/C28H31N3O4/c1-5-34-26-15-22(10-12-25(26)35-18-23-8-6-7-19(2)14-23)17-29-31-28(33)16-27(32)30-24-11-9-20(3)13-21(24)4/h6-15,17H,5,16,18H2,1-4H3,(H,30,32)(H,31,33). The summed E-state index contributed by atoms with van der Waals surface area (Å²) in [6.45, 7) is 8.73. The molecule has 0 saturated heterocycles. The van der Waals surface area contributed by atoms with Gasteiger partial charge in [-0.1, -0.05) is 47.5 Å². The van der Waals surface area contributed by atoms with Crippen molar-refractivity contribution < 1.29 is 19.1 Å². The molecule has 2 N–H and O–H groups in total. The van der Waals surface area contributed by atoms with Crippen molar-refractivity contribution in [1.82, 2.24) is 5.43 Å². The van der Waals surface area contributed by atoms with Crippen LogP contribution in [0, 0.1) is 20.8 Å². The Morgan fingerprint density at radius 1 is 0.886 bits per heavy atom. The van der Waals surface area contributed by atoms with E-state index in [-0.39, 0.29) is 6.42 Å². The quantitative estimate of drug-likeness (QED) is 0.244. The van der Waals surface area contributed by atoms with E-state index in [2.05, 4.69) is 21.9 Å². The Kier molecular flexibility index (Phi) is 9.01. The predicted octanol–water partition coefficient (Wildman–Crippen LogP) is 5.07. The van der Waals surface area contributed by atoms with Gasteiger partial charge < -0.3 is 14.8 Å². The van der Waals surface area contributed by atoms with Crippen LogP contribution in [0.15, 0.2) is 65.8 Å². The van der Waals surface area contributed by atoms with E-state index in [0.29, 0.717) is 30.4 Å². The van der Waals surface area contributed by atoms with Gasteiger partial charge >= 0.3 is 0 Å². The molecule has 3 rings (SSSR count). The third-order valence-corrected chi connectivity index (χ3v) is 5.12. The molecule has 0 spiro atoms. The number of anilines is 1. The highest BCUT2D eigenvalue weighted by Gasteiger charge is 2.11. The van der Waals surface area contributed by atoms with Crippen molar-refractivity contribution in [2.75, 3.05) is 11.9 Å². The fourth-order valence-electron chi connectivity index (χ4n) is 3.47. The molecule has 0 aliphatic rings. The van der Waals surface area contributed by atoms with Crippen LogP contribution in [0.3, 0.4) is 0 Å². The second-order valence-electron chi connectivity index (χ2n) is 8.25. The van der Waals surface area contributed by atoms with Crippen LogP contribution in [0.1, 0.15) is 41.2 Å². The van der Waals surface area contributed by atoms with Crippen molar-refractivity contribution in [1.29, 1.82) is 0 Å². The maximum Gasteiger partial charge on any atom is 0.249 e. The second kappa shape index (κ2) is 12.4. The van der Waals surface area contributed by atoms with Crippen molar-refractivity contribution in [3.63, 3.8) is 0 Å². The highest BCUT2D eigenvalue weighted by Crippen LogP contribution is 2.29. The SMILES string of the molecule is CCOc1cc(C=NNC(=O)CC(=O)Nc2ccc(C)cc2C)ccc1OCc1cccc(C)c1. The van der Waals surface area contributed by atoms with Gasteiger partial charge in [0.15, 0.2) is 11.5 Å². The van der Waals surface area contributed by atoms with E-state index in [0.717, 1.165) is 22.3 Å². The maximum absolute atomic E-state index is 12.2. The van der Waals surface area contributed by atoms with Crippen molar-refractivity contribution in [2.45, 2.75) is 40.7 Å². The van der Waals surface area contributed by atoms with Gasteiger partial charge in [-0.25, -0.2) is 5.43 Å². The number of ether oxygens (including phenoxy) is 2. The number of rotatable bonds is 10. The van der Waals surface area contributed by atoms with E-state index in [1.165, 1.54) is 11.8 Å². The monoisotopic (exact) mass is 473 g/mol. The maximum atomic E-state index is 12.2. The smallest absolute Gasteiger partial charge is 0.249 e. The summed E-state index contributed by atoms with van der Waals surface area (Å²) in [6, 6.07) is 19.2. The van der Waals surface area contributed by atoms with E-state index >= 15 is 0 Å². The number of hydrogen-bond donors (Lipinski definition) is 2. The molecule has 3 aromatic carbocycles. The molecule has 0 fully saturated rings. The number of nitrogens with zero attached hydrogens (tertiary/aromatic N) is 1. The van der Waals surface area contributed by atoms with Crippen LogP contribution in [-0.2, 0) is 16.2 Å². The zero-order valence-electron chi connectivity index (χ0n) is 20.6. The number of carbonyl (C=O) groups is 2. The minimum Gasteiger partial charge on any atom is -0.490 e. The number of carbonyl (C=O) groups excluding carboxylic acids is 2. The van der Waals surface area contributed by atoms with Gasteiger partial charge in [0.05, 0.1) is 12.8 Å². The van der Waals surface area contributed by atoms with Crippen LogP contribution in [0.5, 0.6) is 11.5 Å². The molecule has 7 heteroatoms. The lowest BCUT2D eigenvalue weighted by molar-refractivity contribution is -0.126. The molecule has 2 amide bonds. The molecule has 7 nitrogen and oxygen atoms in total. The molecule has 0 aliphatic carbocycles. The second-order valence-corrected chi connectivity index (χ2v) is 8.25. The number of amides is 2. The van der Waals surface area contributed by atoms with Crippen molar-refractivity contribution >= 4 is 23.7 Å². The van der Waals surface area contributed by atoms with Gasteiger partial charge in [-0.2, -0.15) is 5.10 Å². The average Bonchev–Trinajstić information content (AvgIpc) is 2.80. The first kappa shape index (κ1) is 25.5. The van der Waals surface area contributed by atoms with Crippen LogP contribution in [0.2, 0.25) is 0 Å². The van der Waals surface area contributed by atoms with Gasteiger partial charge in [0, 0.05) is 5.69 Å². The molecule has 3 aromatic rings. The van der Waals surface area contributed by atoms with E-state index in [1.54, 1.807) is 12.1 Å². The van der Waals surface area contributed by atoms with Crippen molar-refractivity contribution in [3.05, 3.63) is 88.5 Å². The van der Waals surface area contributed by atoms with Crippen LogP contribution in [-0.4, -0.2) is 24.6 Å². The van der Waals surface area contributed by atoms with Gasteiger partial charge in [0.25, 0.3) is 0 Å². The van der Waals surface area contributed by atoms with Crippen molar-refractivity contribution in [3.8, 4) is 11.5 Å². The van der Waals surface area contributed by atoms with Crippen molar-refractivity contribution in [2.24, 2.45) is 5.10 Å². The van der Waals surface area contributed by atoms with E-state index < -0.39 is 11.8 Å². The first-order valence-corrected chi connectivity index (χ1v) is 11.5. The minimum absolute atomic E-state index is 0.333. The van der Waals surface area contributed by atoms with E-state index in [4.69, 9.17) is 9.47 Å². The normalized spacial score (nSPS) is 10.7. The number of nitrogens with one attached hydrogen (secondary N) is 2.